The molecule has 0 spiro atoms. The van der Waals surface area contributed by atoms with Crippen molar-refractivity contribution in [3.63, 3.8) is 0 Å². The van der Waals surface area contributed by atoms with Gasteiger partial charge in [0.25, 0.3) is 0 Å². The van der Waals surface area contributed by atoms with Gasteiger partial charge < -0.3 is 20.1 Å². The Hall–Kier alpha value is -3.03. The second kappa shape index (κ2) is 8.77. The molecule has 0 aliphatic carbocycles. The highest BCUT2D eigenvalue weighted by Crippen LogP contribution is 2.26. The molecular weight excluding hydrogens is 382 g/mol. The number of nitrogens with zero attached hydrogens (tertiary/aromatic N) is 4. The van der Waals surface area contributed by atoms with E-state index in [-0.39, 0.29) is 12.1 Å². The first kappa shape index (κ1) is 21.7. The van der Waals surface area contributed by atoms with Crippen LogP contribution in [-0.4, -0.2) is 58.2 Å². The van der Waals surface area contributed by atoms with Crippen molar-refractivity contribution in [1.82, 2.24) is 14.5 Å². The fourth-order valence-electron chi connectivity index (χ4n) is 3.58. The van der Waals surface area contributed by atoms with Gasteiger partial charge in [0, 0.05) is 42.3 Å². The number of fused-ring (bicyclic) bond motifs is 1. The summed E-state index contributed by atoms with van der Waals surface area (Å²) in [4.78, 5) is 18.9. The second-order valence-electron chi connectivity index (χ2n) is 8.45. The van der Waals surface area contributed by atoms with Crippen LogP contribution in [-0.2, 0) is 4.74 Å². The van der Waals surface area contributed by atoms with Crippen LogP contribution in [0.5, 0.6) is 5.75 Å². The maximum absolute atomic E-state index is 12.2. The molecule has 1 saturated heterocycles. The number of carbonyl (C=O) groups is 1. The Bertz CT molecular complexity index is 963. The zero-order valence-corrected chi connectivity index (χ0v) is 18.4. The van der Waals surface area contributed by atoms with Crippen molar-refractivity contribution in [2.24, 2.45) is 10.7 Å². The highest BCUT2D eigenvalue weighted by molar-refractivity contribution is 6.22. The summed E-state index contributed by atoms with van der Waals surface area (Å²) in [5, 5.41) is 4.31. The van der Waals surface area contributed by atoms with Gasteiger partial charge in [-0.2, -0.15) is 5.10 Å². The molecule has 2 N–H and O–H groups in total. The first-order chi connectivity index (χ1) is 14.2. The molecule has 2 aromatic rings. The van der Waals surface area contributed by atoms with E-state index >= 15 is 0 Å². The van der Waals surface area contributed by atoms with E-state index < -0.39 is 5.60 Å². The Kier molecular flexibility index (Phi) is 6.34. The minimum absolute atomic E-state index is 0.133. The second-order valence-corrected chi connectivity index (χ2v) is 8.45. The molecule has 1 aliphatic rings. The lowest BCUT2D eigenvalue weighted by Gasteiger charge is -2.32. The molecule has 8 heteroatoms. The van der Waals surface area contributed by atoms with Gasteiger partial charge in [0.05, 0.1) is 19.3 Å². The monoisotopic (exact) mass is 413 g/mol. The number of nitrogens with two attached hydrogens (primary N) is 1. The molecule has 2 aromatic heterocycles. The molecule has 1 aliphatic heterocycles. The number of amides is 1. The number of carbonyl (C=O) groups excluding carboxylic acids is 1. The van der Waals surface area contributed by atoms with E-state index in [9.17, 15) is 4.79 Å². The van der Waals surface area contributed by atoms with Gasteiger partial charge in [0.2, 0.25) is 0 Å². The van der Waals surface area contributed by atoms with Gasteiger partial charge in [-0.15, -0.1) is 0 Å². The standard InChI is InChI=1S/C22H31N5O3/c1-15(25-17-7-10-26(11-8-17)21(28)30-22(2,3)4)18(13-23)16-12-20(29-5)19-6-9-24-27(19)14-16/h6,9,12-14,17H,7-8,10-11,23H2,1-5H3/b18-13+,25-15?. The molecule has 162 valence electrons. The highest BCUT2D eigenvalue weighted by atomic mass is 16.6. The fraction of sp³-hybridized carbons (Fsp3) is 0.500. The van der Waals surface area contributed by atoms with E-state index in [0.29, 0.717) is 13.1 Å². The maximum atomic E-state index is 12.2. The van der Waals surface area contributed by atoms with E-state index in [0.717, 1.165) is 41.0 Å². The Labute approximate surface area is 177 Å². The largest absolute Gasteiger partial charge is 0.494 e. The van der Waals surface area contributed by atoms with Crippen LogP contribution in [0.3, 0.4) is 0 Å². The van der Waals surface area contributed by atoms with Crippen LogP contribution in [0.4, 0.5) is 4.79 Å². The third-order valence-corrected chi connectivity index (χ3v) is 5.05. The topological polar surface area (TPSA) is 94.5 Å². The number of aromatic nitrogens is 2. The lowest BCUT2D eigenvalue weighted by Crippen LogP contribution is -2.42. The number of hydrogen-bond acceptors (Lipinski definition) is 6. The highest BCUT2D eigenvalue weighted by Gasteiger charge is 2.27. The average Bonchev–Trinajstić information content (AvgIpc) is 3.16. The van der Waals surface area contributed by atoms with Crippen LogP contribution < -0.4 is 10.5 Å². The quantitative estimate of drug-likeness (QED) is 0.774. The molecule has 8 nitrogen and oxygen atoms in total. The lowest BCUT2D eigenvalue weighted by molar-refractivity contribution is 0.0207. The fourth-order valence-corrected chi connectivity index (χ4v) is 3.58. The number of likely N-dealkylation sites (tertiary alicyclic amines) is 1. The van der Waals surface area contributed by atoms with Crippen molar-refractivity contribution in [1.29, 1.82) is 0 Å². The molecular formula is C22H31N5O3. The van der Waals surface area contributed by atoms with Crippen LogP contribution in [0.2, 0.25) is 0 Å². The van der Waals surface area contributed by atoms with Crippen molar-refractivity contribution in [2.75, 3.05) is 20.2 Å². The van der Waals surface area contributed by atoms with Crippen LogP contribution in [0.15, 0.2) is 35.7 Å². The number of ether oxygens (including phenoxy) is 2. The third kappa shape index (κ3) is 4.93. The summed E-state index contributed by atoms with van der Waals surface area (Å²) in [5.41, 5.74) is 8.93. The van der Waals surface area contributed by atoms with Crippen molar-refractivity contribution in [3.05, 3.63) is 36.3 Å². The Morgan fingerprint density at radius 3 is 2.63 bits per heavy atom. The van der Waals surface area contributed by atoms with Crippen LogP contribution in [0.25, 0.3) is 11.1 Å². The van der Waals surface area contributed by atoms with Crippen molar-refractivity contribution < 1.29 is 14.3 Å². The molecule has 0 radical (unpaired) electrons. The SMILES string of the molecule is COc1cc(/C(=C/N)C(C)=NC2CCN(C(=O)OC(C)(C)C)CC2)cn2nccc12. The molecule has 3 rings (SSSR count). The Morgan fingerprint density at radius 2 is 2.03 bits per heavy atom. The Morgan fingerprint density at radius 1 is 1.33 bits per heavy atom. The smallest absolute Gasteiger partial charge is 0.410 e. The van der Waals surface area contributed by atoms with Crippen LogP contribution in [0.1, 0.15) is 46.1 Å². The van der Waals surface area contributed by atoms with Gasteiger partial charge in [-0.05, 0) is 52.7 Å². The minimum atomic E-state index is -0.486. The van der Waals surface area contributed by atoms with Crippen molar-refractivity contribution >= 4 is 22.9 Å². The first-order valence-corrected chi connectivity index (χ1v) is 10.2. The van der Waals surface area contributed by atoms with Crippen LogP contribution >= 0.6 is 0 Å². The number of pyridine rings is 1. The van der Waals surface area contributed by atoms with Crippen LogP contribution in [0, 0.1) is 0 Å². The molecule has 3 heterocycles. The van der Waals surface area contributed by atoms with E-state index in [1.807, 2.05) is 46.0 Å². The predicted molar refractivity (Wildman–Crippen MR) is 118 cm³/mol. The Balaban J connectivity index is 1.71. The number of hydrogen-bond donors (Lipinski definition) is 1. The molecule has 0 bridgehead atoms. The third-order valence-electron chi connectivity index (χ3n) is 5.05. The molecule has 30 heavy (non-hydrogen) atoms. The molecule has 1 fully saturated rings. The predicted octanol–water partition coefficient (Wildman–Crippen LogP) is 3.50. The molecule has 0 atom stereocenters. The minimum Gasteiger partial charge on any atom is -0.494 e. The average molecular weight is 414 g/mol. The summed E-state index contributed by atoms with van der Waals surface area (Å²) in [6.07, 6.45) is 6.53. The maximum Gasteiger partial charge on any atom is 0.410 e. The van der Waals surface area contributed by atoms with Crippen molar-refractivity contribution in [2.45, 2.75) is 52.2 Å². The van der Waals surface area contributed by atoms with Crippen molar-refractivity contribution in [3.8, 4) is 5.75 Å². The zero-order valence-electron chi connectivity index (χ0n) is 18.4. The zero-order chi connectivity index (χ0) is 21.9. The molecule has 0 aromatic carbocycles. The van der Waals surface area contributed by atoms with Gasteiger partial charge in [0.15, 0.2) is 0 Å². The number of methoxy groups -OCH3 is 1. The molecule has 0 saturated carbocycles. The first-order valence-electron chi connectivity index (χ1n) is 10.2. The van der Waals surface area contributed by atoms with E-state index in [4.69, 9.17) is 20.2 Å². The van der Waals surface area contributed by atoms with Gasteiger partial charge in [0.1, 0.15) is 16.9 Å². The van der Waals surface area contributed by atoms with Gasteiger partial charge in [-0.25, -0.2) is 9.31 Å². The number of piperidine rings is 1. The molecule has 0 unspecified atom stereocenters. The van der Waals surface area contributed by atoms with E-state index in [1.165, 1.54) is 0 Å². The summed E-state index contributed by atoms with van der Waals surface area (Å²) >= 11 is 0. The summed E-state index contributed by atoms with van der Waals surface area (Å²) in [6, 6.07) is 3.97. The summed E-state index contributed by atoms with van der Waals surface area (Å²) < 4.78 is 12.7. The van der Waals surface area contributed by atoms with Gasteiger partial charge in [-0.1, -0.05) is 0 Å². The van der Waals surface area contributed by atoms with Gasteiger partial charge in [-0.3, -0.25) is 4.99 Å². The summed E-state index contributed by atoms with van der Waals surface area (Å²) in [7, 11) is 1.64. The summed E-state index contributed by atoms with van der Waals surface area (Å²) in [5.74, 6) is 0.725. The number of allylic oxidation sites excluding steroid dienone is 1. The van der Waals surface area contributed by atoms with Gasteiger partial charge >= 0.3 is 6.09 Å². The lowest BCUT2D eigenvalue weighted by atomic mass is 10.0. The number of rotatable bonds is 4. The summed E-state index contributed by atoms with van der Waals surface area (Å²) in [6.45, 7) is 8.85. The molecule has 1 amide bonds. The van der Waals surface area contributed by atoms with E-state index in [1.54, 1.807) is 28.9 Å². The normalized spacial score (nSPS) is 16.8. The number of aliphatic imine (C=N–C) groups is 1. The van der Waals surface area contributed by atoms with E-state index in [2.05, 4.69) is 5.10 Å².